The predicted molar refractivity (Wildman–Crippen MR) is 155 cm³/mol. The topological polar surface area (TPSA) is 303 Å². The summed E-state index contributed by atoms with van der Waals surface area (Å²) in [6, 6.07) is 4.95. The number of aliphatic carboxylic acids is 2. The number of ether oxygens (including phenoxy) is 3. The molecule has 0 bridgehead atoms. The van der Waals surface area contributed by atoms with Crippen molar-refractivity contribution in [1.29, 1.82) is 0 Å². The molecule has 256 valence electrons. The van der Waals surface area contributed by atoms with Gasteiger partial charge < -0.3 is 44.8 Å². The van der Waals surface area contributed by atoms with Crippen molar-refractivity contribution in [3.8, 4) is 0 Å². The first kappa shape index (κ1) is 36.6. The summed E-state index contributed by atoms with van der Waals surface area (Å²) in [5.41, 5.74) is -6.68. The fourth-order valence-corrected chi connectivity index (χ4v) is 4.35. The van der Waals surface area contributed by atoms with Gasteiger partial charge in [0, 0.05) is 0 Å². The third-order valence-corrected chi connectivity index (χ3v) is 7.07. The number of rotatable bonds is 14. The van der Waals surface area contributed by atoms with E-state index in [9.17, 15) is 73.8 Å². The average molecular weight is 685 g/mol. The number of allylic oxidation sites excluding steroid dienone is 1. The van der Waals surface area contributed by atoms with Crippen molar-refractivity contribution in [3.05, 3.63) is 93.1 Å². The van der Waals surface area contributed by atoms with Crippen LogP contribution in [-0.4, -0.2) is 104 Å². The maximum Gasteiger partial charge on any atom is 0.338 e. The van der Waals surface area contributed by atoms with Crippen LogP contribution in [0.25, 0.3) is 0 Å². The molecule has 18 heteroatoms. The van der Waals surface area contributed by atoms with Crippen molar-refractivity contribution in [2.75, 3.05) is 13.2 Å². The molecular formula is C31H24O18. The zero-order valence-electron chi connectivity index (χ0n) is 24.9. The molecule has 0 radical (unpaired) electrons. The summed E-state index contributed by atoms with van der Waals surface area (Å²) in [5.74, 6) is -13.5. The van der Waals surface area contributed by atoms with E-state index < -0.39 is 129 Å². The number of carboxylic acids is 6. The van der Waals surface area contributed by atoms with Crippen molar-refractivity contribution in [3.63, 3.8) is 0 Å². The monoisotopic (exact) mass is 684 g/mol. The SMILES string of the molecule is C[C@]1(C(=O)O)CC=C(C(=O)OC(COC(=O)c2ccc(C(=O)O)c(C(=O)O)c2)COC(=O)c2ccc(C(=O)O)c(C(=O)O)c2)C=C1C(=O)O. The number of hydrogen-bond acceptors (Lipinski definition) is 12. The summed E-state index contributed by atoms with van der Waals surface area (Å²) in [7, 11) is 0. The van der Waals surface area contributed by atoms with Gasteiger partial charge in [-0.3, -0.25) is 4.79 Å². The van der Waals surface area contributed by atoms with Gasteiger partial charge in [0.25, 0.3) is 0 Å². The maximum atomic E-state index is 13.0. The largest absolute Gasteiger partial charge is 0.481 e. The lowest BCUT2D eigenvalue weighted by molar-refractivity contribution is -0.150. The lowest BCUT2D eigenvalue weighted by atomic mass is 9.75. The molecule has 0 aromatic heterocycles. The number of hydrogen-bond donors (Lipinski definition) is 6. The van der Waals surface area contributed by atoms with Gasteiger partial charge in [-0.1, -0.05) is 6.08 Å². The molecule has 1 aliphatic carbocycles. The van der Waals surface area contributed by atoms with Crippen LogP contribution in [0.3, 0.4) is 0 Å². The van der Waals surface area contributed by atoms with Crippen LogP contribution in [-0.2, 0) is 28.6 Å². The molecule has 1 aliphatic rings. The number of esters is 3. The zero-order chi connectivity index (χ0) is 36.8. The Morgan fingerprint density at radius 1 is 0.633 bits per heavy atom. The highest BCUT2D eigenvalue weighted by atomic mass is 16.6. The molecular weight excluding hydrogens is 660 g/mol. The van der Waals surface area contributed by atoms with E-state index >= 15 is 0 Å². The molecule has 0 aliphatic heterocycles. The fraction of sp³-hybridized carbons (Fsp3) is 0.194. The first-order valence-electron chi connectivity index (χ1n) is 13.5. The number of carbonyl (C=O) groups is 9. The molecule has 6 N–H and O–H groups in total. The summed E-state index contributed by atoms with van der Waals surface area (Å²) >= 11 is 0. The molecule has 0 spiro atoms. The van der Waals surface area contributed by atoms with Crippen LogP contribution in [0.15, 0.2) is 59.7 Å². The summed E-state index contributed by atoms with van der Waals surface area (Å²) in [6.07, 6.45) is -0.306. The smallest absolute Gasteiger partial charge is 0.338 e. The van der Waals surface area contributed by atoms with Gasteiger partial charge in [0.15, 0.2) is 6.10 Å². The van der Waals surface area contributed by atoms with Crippen LogP contribution in [0.1, 0.15) is 75.5 Å². The highest BCUT2D eigenvalue weighted by molar-refractivity contribution is 6.05. The number of aromatic carboxylic acids is 4. The Labute approximate surface area is 273 Å². The third kappa shape index (κ3) is 8.30. The summed E-state index contributed by atoms with van der Waals surface area (Å²) in [6.45, 7) is -0.697. The van der Waals surface area contributed by atoms with E-state index in [1.54, 1.807) is 0 Å². The molecule has 3 rings (SSSR count). The first-order chi connectivity index (χ1) is 22.9. The number of carboxylic acid groups (broad SMARTS) is 6. The Balaban J connectivity index is 1.88. The molecule has 0 amide bonds. The van der Waals surface area contributed by atoms with E-state index in [-0.39, 0.29) is 0 Å². The van der Waals surface area contributed by atoms with Crippen molar-refractivity contribution in [1.82, 2.24) is 0 Å². The molecule has 2 aromatic carbocycles. The van der Waals surface area contributed by atoms with Crippen LogP contribution in [0.2, 0.25) is 0 Å². The van der Waals surface area contributed by atoms with Crippen LogP contribution < -0.4 is 0 Å². The minimum Gasteiger partial charge on any atom is -0.481 e. The van der Waals surface area contributed by atoms with Crippen LogP contribution in [0.4, 0.5) is 0 Å². The highest BCUT2D eigenvalue weighted by Gasteiger charge is 2.43. The molecule has 0 unspecified atom stereocenters. The normalized spacial score (nSPS) is 15.2. The average Bonchev–Trinajstić information content (AvgIpc) is 3.04. The van der Waals surface area contributed by atoms with E-state index in [1.807, 2.05) is 0 Å². The Bertz CT molecular complexity index is 1770. The van der Waals surface area contributed by atoms with Gasteiger partial charge in [0.05, 0.1) is 44.5 Å². The lowest BCUT2D eigenvalue weighted by Crippen LogP contribution is -2.36. The molecule has 2 aromatic rings. The van der Waals surface area contributed by atoms with E-state index in [0.29, 0.717) is 12.1 Å². The minimum atomic E-state index is -1.91. The summed E-state index contributed by atoms with van der Waals surface area (Å²) in [4.78, 5) is 108. The lowest BCUT2D eigenvalue weighted by Gasteiger charge is -2.28. The minimum absolute atomic E-state index is 0.426. The molecule has 0 saturated carbocycles. The first-order valence-corrected chi connectivity index (χ1v) is 13.5. The molecule has 0 fully saturated rings. The third-order valence-electron chi connectivity index (χ3n) is 7.07. The van der Waals surface area contributed by atoms with Gasteiger partial charge in [0.2, 0.25) is 0 Å². The molecule has 0 heterocycles. The Hall–Kier alpha value is -6.85. The molecule has 18 nitrogen and oxygen atoms in total. The highest BCUT2D eigenvalue weighted by Crippen LogP contribution is 2.37. The Morgan fingerprint density at radius 3 is 1.43 bits per heavy atom. The maximum absolute atomic E-state index is 13.0. The van der Waals surface area contributed by atoms with Crippen molar-refractivity contribution >= 4 is 53.7 Å². The van der Waals surface area contributed by atoms with Gasteiger partial charge in [-0.15, -0.1) is 0 Å². The summed E-state index contributed by atoms with van der Waals surface area (Å²) < 4.78 is 15.4. The van der Waals surface area contributed by atoms with Crippen molar-refractivity contribution in [2.24, 2.45) is 5.41 Å². The Kier molecular flexibility index (Phi) is 11.0. The summed E-state index contributed by atoms with van der Waals surface area (Å²) in [5, 5.41) is 56.1. The van der Waals surface area contributed by atoms with Gasteiger partial charge >= 0.3 is 53.7 Å². The van der Waals surface area contributed by atoms with Crippen LogP contribution in [0, 0.1) is 5.41 Å². The van der Waals surface area contributed by atoms with Crippen molar-refractivity contribution in [2.45, 2.75) is 19.4 Å². The molecule has 49 heavy (non-hydrogen) atoms. The van der Waals surface area contributed by atoms with E-state index in [1.165, 1.54) is 0 Å². The predicted octanol–water partition coefficient (Wildman–Crippen LogP) is 1.84. The molecule has 0 saturated heterocycles. The second kappa shape index (κ2) is 14.7. The second-order valence-corrected chi connectivity index (χ2v) is 10.3. The standard InChI is InChI=1S/C31H24O18/c1-31(30(45)46)7-6-15(10-21(31)26(40)41)29(44)49-16(11-47-27(42)13-2-4-17(22(32)33)19(8-13)24(36)37)12-48-28(43)14-3-5-18(23(34)35)20(9-14)25(38)39/h2-6,8-10,16H,7,11-12H2,1H3,(H,32,33)(H,34,35)(H,36,37)(H,38,39)(H,40,41)(H,45,46)/t31-/m0/s1. The van der Waals surface area contributed by atoms with E-state index in [0.717, 1.165) is 43.3 Å². The van der Waals surface area contributed by atoms with E-state index in [2.05, 4.69) is 0 Å². The van der Waals surface area contributed by atoms with Gasteiger partial charge in [0.1, 0.15) is 18.6 Å². The second-order valence-electron chi connectivity index (χ2n) is 10.3. The number of benzene rings is 2. The van der Waals surface area contributed by atoms with Crippen molar-refractivity contribution < 1.29 is 88.0 Å². The van der Waals surface area contributed by atoms with E-state index in [4.69, 9.17) is 14.2 Å². The quantitative estimate of drug-likeness (QED) is 0.122. The molecule has 1 atom stereocenters. The van der Waals surface area contributed by atoms with Gasteiger partial charge in [-0.2, -0.15) is 0 Å². The van der Waals surface area contributed by atoms with Crippen LogP contribution in [0.5, 0.6) is 0 Å². The fourth-order valence-electron chi connectivity index (χ4n) is 4.35. The van der Waals surface area contributed by atoms with Gasteiger partial charge in [-0.05, 0) is 55.8 Å². The number of carbonyl (C=O) groups excluding carboxylic acids is 3. The van der Waals surface area contributed by atoms with Crippen LogP contribution >= 0.6 is 0 Å². The Morgan fingerprint density at radius 2 is 1.06 bits per heavy atom. The van der Waals surface area contributed by atoms with Gasteiger partial charge in [-0.25, -0.2) is 38.4 Å². The zero-order valence-corrected chi connectivity index (χ0v) is 24.9.